The maximum absolute atomic E-state index is 5.41. The van der Waals surface area contributed by atoms with Gasteiger partial charge in [-0.3, -0.25) is 0 Å². The number of nitrogens with zero attached hydrogens (tertiary/aromatic N) is 2. The van der Waals surface area contributed by atoms with E-state index in [-0.39, 0.29) is 6.79 Å². The van der Waals surface area contributed by atoms with Crippen LogP contribution in [0.1, 0.15) is 16.8 Å². The standard InChI is InChI=1S/C20H20N4O2/c1-14-9-19(21-11-15-5-3-2-4-6-15)24-20(23-14)22-12-16-7-8-17-18(10-16)26-13-25-17/h2-10H,11-13H2,1H3,(H2,21,22,23,24). The van der Waals surface area contributed by atoms with Crippen molar-refractivity contribution in [3.63, 3.8) is 0 Å². The average Bonchev–Trinajstić information content (AvgIpc) is 3.13. The molecular formula is C20H20N4O2. The number of benzene rings is 2. The molecule has 0 spiro atoms. The SMILES string of the molecule is Cc1cc(NCc2ccccc2)nc(NCc2ccc3c(c2)OCO3)n1. The van der Waals surface area contributed by atoms with Crippen LogP contribution >= 0.6 is 0 Å². The summed E-state index contributed by atoms with van der Waals surface area (Å²) in [5.41, 5.74) is 3.19. The Morgan fingerprint density at radius 2 is 1.65 bits per heavy atom. The largest absolute Gasteiger partial charge is 0.454 e. The number of ether oxygens (including phenoxy) is 2. The third-order valence-corrected chi connectivity index (χ3v) is 4.06. The van der Waals surface area contributed by atoms with Crippen LogP contribution in [0.2, 0.25) is 0 Å². The Morgan fingerprint density at radius 1 is 0.846 bits per heavy atom. The van der Waals surface area contributed by atoms with Crippen molar-refractivity contribution >= 4 is 11.8 Å². The monoisotopic (exact) mass is 348 g/mol. The molecule has 0 amide bonds. The van der Waals surface area contributed by atoms with E-state index in [4.69, 9.17) is 9.47 Å². The molecule has 0 fully saturated rings. The lowest BCUT2D eigenvalue weighted by Gasteiger charge is -2.10. The number of nitrogens with one attached hydrogen (secondary N) is 2. The van der Waals surface area contributed by atoms with E-state index in [1.54, 1.807) is 0 Å². The fourth-order valence-corrected chi connectivity index (χ4v) is 2.76. The number of rotatable bonds is 6. The van der Waals surface area contributed by atoms with Crippen molar-refractivity contribution in [2.24, 2.45) is 0 Å². The second-order valence-electron chi connectivity index (χ2n) is 6.10. The summed E-state index contributed by atoms with van der Waals surface area (Å²) < 4.78 is 10.7. The second kappa shape index (κ2) is 7.31. The van der Waals surface area contributed by atoms with Gasteiger partial charge in [-0.15, -0.1) is 0 Å². The lowest BCUT2D eigenvalue weighted by molar-refractivity contribution is 0.174. The predicted molar refractivity (Wildman–Crippen MR) is 100 cm³/mol. The fraction of sp³-hybridized carbons (Fsp3) is 0.200. The zero-order valence-corrected chi connectivity index (χ0v) is 14.5. The lowest BCUT2D eigenvalue weighted by Crippen LogP contribution is -2.08. The van der Waals surface area contributed by atoms with Crippen molar-refractivity contribution in [3.8, 4) is 11.5 Å². The van der Waals surface area contributed by atoms with E-state index in [1.165, 1.54) is 5.56 Å². The Hall–Kier alpha value is -3.28. The molecule has 2 aromatic carbocycles. The highest BCUT2D eigenvalue weighted by Crippen LogP contribution is 2.32. The highest BCUT2D eigenvalue weighted by atomic mass is 16.7. The van der Waals surface area contributed by atoms with Crippen LogP contribution in [-0.4, -0.2) is 16.8 Å². The van der Waals surface area contributed by atoms with Crippen molar-refractivity contribution < 1.29 is 9.47 Å². The Kier molecular flexibility index (Phi) is 4.55. The van der Waals surface area contributed by atoms with Gasteiger partial charge in [-0.05, 0) is 30.2 Å². The minimum Gasteiger partial charge on any atom is -0.454 e. The Bertz CT molecular complexity index is 900. The third kappa shape index (κ3) is 3.85. The highest BCUT2D eigenvalue weighted by molar-refractivity contribution is 5.46. The molecule has 1 aromatic heterocycles. The number of anilines is 2. The first-order chi connectivity index (χ1) is 12.8. The van der Waals surface area contributed by atoms with Crippen LogP contribution in [0.3, 0.4) is 0 Å². The highest BCUT2D eigenvalue weighted by Gasteiger charge is 2.13. The van der Waals surface area contributed by atoms with Crippen LogP contribution in [0, 0.1) is 6.92 Å². The van der Waals surface area contributed by atoms with Crippen LogP contribution in [0.5, 0.6) is 11.5 Å². The van der Waals surface area contributed by atoms with E-state index in [0.717, 1.165) is 35.1 Å². The number of hydrogen-bond donors (Lipinski definition) is 2. The number of fused-ring (bicyclic) bond motifs is 1. The third-order valence-electron chi connectivity index (χ3n) is 4.06. The summed E-state index contributed by atoms with van der Waals surface area (Å²) in [4.78, 5) is 9.01. The van der Waals surface area contributed by atoms with E-state index < -0.39 is 0 Å². The van der Waals surface area contributed by atoms with Crippen LogP contribution in [0.15, 0.2) is 54.6 Å². The second-order valence-corrected chi connectivity index (χ2v) is 6.10. The average molecular weight is 348 g/mol. The van der Waals surface area contributed by atoms with Gasteiger partial charge in [-0.25, -0.2) is 4.98 Å². The molecule has 26 heavy (non-hydrogen) atoms. The summed E-state index contributed by atoms with van der Waals surface area (Å²) in [7, 11) is 0. The zero-order chi connectivity index (χ0) is 17.8. The Morgan fingerprint density at radius 3 is 2.54 bits per heavy atom. The fourth-order valence-electron chi connectivity index (χ4n) is 2.76. The van der Waals surface area contributed by atoms with E-state index in [1.807, 2.05) is 49.4 Å². The molecule has 0 saturated carbocycles. The molecule has 6 nitrogen and oxygen atoms in total. The molecular weight excluding hydrogens is 328 g/mol. The molecule has 1 aliphatic rings. The minimum atomic E-state index is 0.281. The van der Waals surface area contributed by atoms with Gasteiger partial charge in [-0.1, -0.05) is 36.4 Å². The van der Waals surface area contributed by atoms with Gasteiger partial charge in [0.25, 0.3) is 0 Å². The van der Waals surface area contributed by atoms with Crippen LogP contribution in [-0.2, 0) is 13.1 Å². The first kappa shape index (κ1) is 16.2. The first-order valence-corrected chi connectivity index (χ1v) is 8.52. The maximum Gasteiger partial charge on any atom is 0.231 e. The van der Waals surface area contributed by atoms with Gasteiger partial charge in [0.15, 0.2) is 11.5 Å². The topological polar surface area (TPSA) is 68.3 Å². The van der Waals surface area contributed by atoms with Crippen molar-refractivity contribution in [1.82, 2.24) is 9.97 Å². The molecule has 0 saturated heterocycles. The van der Waals surface area contributed by atoms with Gasteiger partial charge in [0, 0.05) is 24.8 Å². The van der Waals surface area contributed by atoms with Gasteiger partial charge in [0.1, 0.15) is 5.82 Å². The lowest BCUT2D eigenvalue weighted by atomic mass is 10.2. The van der Waals surface area contributed by atoms with Gasteiger partial charge in [0.2, 0.25) is 12.7 Å². The molecule has 3 aromatic rings. The summed E-state index contributed by atoms with van der Waals surface area (Å²) in [6.07, 6.45) is 0. The van der Waals surface area contributed by atoms with E-state index in [0.29, 0.717) is 12.5 Å². The molecule has 6 heteroatoms. The van der Waals surface area contributed by atoms with Crippen molar-refractivity contribution in [2.75, 3.05) is 17.4 Å². The summed E-state index contributed by atoms with van der Waals surface area (Å²) in [6.45, 7) is 3.57. The smallest absolute Gasteiger partial charge is 0.231 e. The van der Waals surface area contributed by atoms with E-state index in [2.05, 4.69) is 32.7 Å². The summed E-state index contributed by atoms with van der Waals surface area (Å²) in [5, 5.41) is 6.62. The van der Waals surface area contributed by atoms with Gasteiger partial charge in [-0.2, -0.15) is 4.98 Å². The molecule has 2 heterocycles. The molecule has 1 aliphatic heterocycles. The minimum absolute atomic E-state index is 0.281. The first-order valence-electron chi connectivity index (χ1n) is 8.52. The molecule has 0 atom stereocenters. The van der Waals surface area contributed by atoms with Crippen LogP contribution in [0.4, 0.5) is 11.8 Å². The molecule has 0 bridgehead atoms. The predicted octanol–water partition coefficient (Wildman–Crippen LogP) is 3.74. The normalized spacial score (nSPS) is 12.0. The van der Waals surface area contributed by atoms with Crippen molar-refractivity contribution in [1.29, 1.82) is 0 Å². The molecule has 2 N–H and O–H groups in total. The molecule has 4 rings (SSSR count). The quantitative estimate of drug-likeness (QED) is 0.707. The molecule has 0 radical (unpaired) electrons. The summed E-state index contributed by atoms with van der Waals surface area (Å²) in [6, 6.07) is 18.1. The molecule has 0 unspecified atom stereocenters. The van der Waals surface area contributed by atoms with Gasteiger partial charge >= 0.3 is 0 Å². The van der Waals surface area contributed by atoms with Crippen LogP contribution in [0.25, 0.3) is 0 Å². The van der Waals surface area contributed by atoms with E-state index in [9.17, 15) is 0 Å². The van der Waals surface area contributed by atoms with Crippen molar-refractivity contribution in [3.05, 3.63) is 71.4 Å². The van der Waals surface area contributed by atoms with Gasteiger partial charge in [0.05, 0.1) is 0 Å². The van der Waals surface area contributed by atoms with Crippen molar-refractivity contribution in [2.45, 2.75) is 20.0 Å². The summed E-state index contributed by atoms with van der Waals surface area (Å²) in [5.74, 6) is 2.96. The molecule has 0 aliphatic carbocycles. The zero-order valence-electron chi connectivity index (χ0n) is 14.5. The Balaban J connectivity index is 1.41. The van der Waals surface area contributed by atoms with E-state index >= 15 is 0 Å². The summed E-state index contributed by atoms with van der Waals surface area (Å²) >= 11 is 0. The van der Waals surface area contributed by atoms with Crippen LogP contribution < -0.4 is 20.1 Å². The van der Waals surface area contributed by atoms with Gasteiger partial charge < -0.3 is 20.1 Å². The number of hydrogen-bond acceptors (Lipinski definition) is 6. The number of aryl methyl sites for hydroxylation is 1. The Labute approximate surface area is 152 Å². The number of aromatic nitrogens is 2. The molecule has 132 valence electrons. The maximum atomic E-state index is 5.41.